The number of halogens is 2. The first-order valence-corrected chi connectivity index (χ1v) is 6.12. The van der Waals surface area contributed by atoms with E-state index in [0.29, 0.717) is 0 Å². The molecule has 0 radical (unpaired) electrons. The lowest BCUT2D eigenvalue weighted by Gasteiger charge is -2.32. The van der Waals surface area contributed by atoms with Crippen LogP contribution in [0.2, 0.25) is 5.02 Å². The Kier molecular flexibility index (Phi) is 3.12. The van der Waals surface area contributed by atoms with Gasteiger partial charge in [-0.05, 0) is 39.8 Å². The molecule has 3 nitrogen and oxygen atoms in total. The van der Waals surface area contributed by atoms with Crippen molar-refractivity contribution >= 4 is 29.9 Å². The summed E-state index contributed by atoms with van der Waals surface area (Å²) in [6, 6.07) is 2.97. The van der Waals surface area contributed by atoms with Crippen LogP contribution in [0.25, 0.3) is 0 Å². The summed E-state index contributed by atoms with van der Waals surface area (Å²) >= 11 is 5.76. The second kappa shape index (κ2) is 4.12. The van der Waals surface area contributed by atoms with Crippen LogP contribution in [0.15, 0.2) is 12.1 Å². The third-order valence-electron chi connectivity index (χ3n) is 3.66. The second-order valence-electron chi connectivity index (χ2n) is 5.45. The Labute approximate surface area is 112 Å². The Morgan fingerprint density at radius 2 is 1.67 bits per heavy atom. The first-order valence-electron chi connectivity index (χ1n) is 5.75. The maximum Gasteiger partial charge on any atom is 0.500 e. The van der Waals surface area contributed by atoms with Crippen LogP contribution in [0.3, 0.4) is 0 Å². The number of anilines is 1. The number of hydrogen-bond donors (Lipinski definition) is 1. The van der Waals surface area contributed by atoms with Gasteiger partial charge in [-0.2, -0.15) is 0 Å². The molecule has 1 fully saturated rings. The number of nitrogen functional groups attached to an aromatic ring is 1. The summed E-state index contributed by atoms with van der Waals surface area (Å²) in [4.78, 5) is 0. The molecule has 1 aromatic carbocycles. The van der Waals surface area contributed by atoms with E-state index in [0.717, 1.165) is 0 Å². The average molecular weight is 272 g/mol. The minimum atomic E-state index is -0.839. The highest BCUT2D eigenvalue weighted by atomic mass is 35.5. The summed E-state index contributed by atoms with van der Waals surface area (Å²) in [7, 11) is -0.839. The van der Waals surface area contributed by atoms with Crippen molar-refractivity contribution in [1.29, 1.82) is 0 Å². The standard InChI is InChI=1S/C12H16BClFNO2/c1-11(2)12(3,4)18-13(17-11)9-8(16)6-5-7(14)10(9)15/h5-6H,16H2,1-4H3. The summed E-state index contributed by atoms with van der Waals surface area (Å²) in [6.45, 7) is 7.58. The number of nitrogens with two attached hydrogens (primary N) is 1. The molecule has 1 aliphatic rings. The maximum atomic E-state index is 14.0. The SMILES string of the molecule is CC1(C)OB(c2c(N)ccc(Cl)c2F)OC1(C)C. The molecule has 0 spiro atoms. The molecule has 0 aromatic heterocycles. The second-order valence-corrected chi connectivity index (χ2v) is 5.86. The van der Waals surface area contributed by atoms with Gasteiger partial charge < -0.3 is 15.0 Å². The van der Waals surface area contributed by atoms with Gasteiger partial charge >= 0.3 is 7.12 Å². The van der Waals surface area contributed by atoms with E-state index in [4.69, 9.17) is 26.6 Å². The maximum absolute atomic E-state index is 14.0. The predicted octanol–water partition coefficient (Wildman–Crippen LogP) is 2.36. The molecule has 98 valence electrons. The molecule has 0 aliphatic carbocycles. The van der Waals surface area contributed by atoms with Gasteiger partial charge in [-0.1, -0.05) is 11.6 Å². The number of benzene rings is 1. The van der Waals surface area contributed by atoms with Crippen LogP contribution in [0.1, 0.15) is 27.7 Å². The van der Waals surface area contributed by atoms with Gasteiger partial charge in [0.2, 0.25) is 0 Å². The molecule has 1 aliphatic heterocycles. The van der Waals surface area contributed by atoms with E-state index in [-0.39, 0.29) is 16.2 Å². The van der Waals surface area contributed by atoms with Gasteiger partial charge in [0.25, 0.3) is 0 Å². The highest BCUT2D eigenvalue weighted by Gasteiger charge is 2.53. The van der Waals surface area contributed by atoms with Crippen molar-refractivity contribution in [3.05, 3.63) is 23.0 Å². The first-order chi connectivity index (χ1) is 8.16. The third kappa shape index (κ3) is 2.00. The fourth-order valence-electron chi connectivity index (χ4n) is 1.78. The minimum Gasteiger partial charge on any atom is -0.399 e. The lowest BCUT2D eigenvalue weighted by atomic mass is 9.77. The van der Waals surface area contributed by atoms with Crippen molar-refractivity contribution in [3.8, 4) is 0 Å². The molecule has 2 N–H and O–H groups in total. The molecular weight excluding hydrogens is 255 g/mol. The van der Waals surface area contributed by atoms with E-state index >= 15 is 0 Å². The summed E-state index contributed by atoms with van der Waals surface area (Å²) in [5, 5.41) is 0.00825. The Bertz CT molecular complexity index is 477. The van der Waals surface area contributed by atoms with Crippen LogP contribution in [-0.2, 0) is 9.31 Å². The minimum absolute atomic E-state index is 0.00825. The molecule has 1 saturated heterocycles. The highest BCUT2D eigenvalue weighted by Crippen LogP contribution is 2.37. The van der Waals surface area contributed by atoms with Crippen LogP contribution in [-0.4, -0.2) is 18.3 Å². The fraction of sp³-hybridized carbons (Fsp3) is 0.500. The van der Waals surface area contributed by atoms with Crippen molar-refractivity contribution < 1.29 is 13.7 Å². The lowest BCUT2D eigenvalue weighted by Crippen LogP contribution is -2.41. The third-order valence-corrected chi connectivity index (χ3v) is 3.95. The molecule has 0 unspecified atom stereocenters. The van der Waals surface area contributed by atoms with E-state index in [1.807, 2.05) is 27.7 Å². The van der Waals surface area contributed by atoms with E-state index in [1.54, 1.807) is 6.07 Å². The van der Waals surface area contributed by atoms with E-state index in [2.05, 4.69) is 0 Å². The van der Waals surface area contributed by atoms with Gasteiger partial charge in [-0.25, -0.2) is 4.39 Å². The smallest absolute Gasteiger partial charge is 0.399 e. The van der Waals surface area contributed by atoms with Gasteiger partial charge in [-0.3, -0.25) is 0 Å². The molecule has 0 atom stereocenters. The highest BCUT2D eigenvalue weighted by molar-refractivity contribution is 6.64. The molecule has 0 bridgehead atoms. The monoisotopic (exact) mass is 271 g/mol. The molecule has 0 saturated carbocycles. The normalized spacial score (nSPS) is 21.3. The van der Waals surface area contributed by atoms with Crippen LogP contribution in [0, 0.1) is 5.82 Å². The van der Waals surface area contributed by atoms with Crippen molar-refractivity contribution in [2.75, 3.05) is 5.73 Å². The van der Waals surface area contributed by atoms with Crippen LogP contribution < -0.4 is 11.2 Å². The Balaban J connectivity index is 2.44. The molecule has 6 heteroatoms. The van der Waals surface area contributed by atoms with Gasteiger partial charge in [0.05, 0.1) is 16.2 Å². The summed E-state index contributed by atoms with van der Waals surface area (Å²) in [5.41, 5.74) is 5.14. The zero-order chi connectivity index (χ0) is 13.7. The Morgan fingerprint density at radius 1 is 1.17 bits per heavy atom. The average Bonchev–Trinajstić information content (AvgIpc) is 2.43. The molecule has 0 amide bonds. The molecule has 2 rings (SSSR count). The van der Waals surface area contributed by atoms with E-state index in [1.165, 1.54) is 6.07 Å². The van der Waals surface area contributed by atoms with Gasteiger partial charge in [0.15, 0.2) is 0 Å². The van der Waals surface area contributed by atoms with Crippen molar-refractivity contribution in [1.82, 2.24) is 0 Å². The number of rotatable bonds is 1. The Morgan fingerprint density at radius 3 is 2.17 bits per heavy atom. The van der Waals surface area contributed by atoms with Crippen LogP contribution >= 0.6 is 11.6 Å². The largest absolute Gasteiger partial charge is 0.500 e. The predicted molar refractivity (Wildman–Crippen MR) is 71.5 cm³/mol. The topological polar surface area (TPSA) is 44.5 Å². The van der Waals surface area contributed by atoms with Crippen molar-refractivity contribution in [3.63, 3.8) is 0 Å². The number of hydrogen-bond acceptors (Lipinski definition) is 3. The summed E-state index contributed by atoms with van der Waals surface area (Å²) in [5.74, 6) is -0.588. The lowest BCUT2D eigenvalue weighted by molar-refractivity contribution is 0.00578. The van der Waals surface area contributed by atoms with E-state index in [9.17, 15) is 4.39 Å². The van der Waals surface area contributed by atoms with E-state index < -0.39 is 24.1 Å². The van der Waals surface area contributed by atoms with Gasteiger partial charge in [-0.15, -0.1) is 0 Å². The van der Waals surface area contributed by atoms with Gasteiger partial charge in [0.1, 0.15) is 5.82 Å². The van der Waals surface area contributed by atoms with Gasteiger partial charge in [0, 0.05) is 11.2 Å². The Hall–Kier alpha value is -0.775. The zero-order valence-corrected chi connectivity index (χ0v) is 11.6. The summed E-state index contributed by atoms with van der Waals surface area (Å²) in [6.07, 6.45) is 0. The molecule has 1 heterocycles. The molecule has 1 aromatic rings. The molecule has 18 heavy (non-hydrogen) atoms. The van der Waals surface area contributed by atoms with Crippen molar-refractivity contribution in [2.24, 2.45) is 0 Å². The van der Waals surface area contributed by atoms with Crippen molar-refractivity contribution in [2.45, 2.75) is 38.9 Å². The first kappa shape index (κ1) is 13.7. The van der Waals surface area contributed by atoms with Crippen LogP contribution in [0.4, 0.5) is 10.1 Å². The zero-order valence-electron chi connectivity index (χ0n) is 10.9. The summed E-state index contributed by atoms with van der Waals surface area (Å²) < 4.78 is 25.6. The quantitative estimate of drug-likeness (QED) is 0.630. The van der Waals surface area contributed by atoms with Crippen LogP contribution in [0.5, 0.6) is 0 Å². The fourth-order valence-corrected chi connectivity index (χ4v) is 1.95. The molecular formula is C12H16BClFNO2.